The third-order valence-corrected chi connectivity index (χ3v) is 3.52. The van der Waals surface area contributed by atoms with Crippen LogP contribution in [0.2, 0.25) is 0 Å². The van der Waals surface area contributed by atoms with Gasteiger partial charge in [0, 0.05) is 23.4 Å². The highest BCUT2D eigenvalue weighted by Gasteiger charge is 2.15. The quantitative estimate of drug-likeness (QED) is 0.805. The smallest absolute Gasteiger partial charge is 0.267 e. The Morgan fingerprint density at radius 2 is 2.18 bits per heavy atom. The summed E-state index contributed by atoms with van der Waals surface area (Å²) in [5, 5.41) is 2.69. The van der Waals surface area contributed by atoms with E-state index in [4.69, 9.17) is 10.7 Å². The van der Waals surface area contributed by atoms with Crippen molar-refractivity contribution in [3.05, 3.63) is 18.0 Å². The van der Waals surface area contributed by atoms with Crippen LogP contribution in [0.4, 0.5) is 0 Å². The molecule has 0 saturated carbocycles. The van der Waals surface area contributed by atoms with Gasteiger partial charge in [0.25, 0.3) is 15.0 Å². The van der Waals surface area contributed by atoms with Gasteiger partial charge < -0.3 is 10.3 Å². The molecule has 1 rings (SSSR count). The van der Waals surface area contributed by atoms with Crippen LogP contribution in [-0.2, 0) is 9.05 Å². The van der Waals surface area contributed by atoms with Crippen LogP contribution in [0.3, 0.4) is 0 Å². The number of amides is 1. The summed E-state index contributed by atoms with van der Waals surface area (Å²) in [6.45, 7) is 4.66. The third kappa shape index (κ3) is 4.40. The number of nitrogens with one attached hydrogen (secondary N) is 2. The van der Waals surface area contributed by atoms with E-state index in [1.807, 2.05) is 0 Å². The molecule has 0 unspecified atom stereocenters. The molecule has 1 amide bonds. The van der Waals surface area contributed by atoms with Crippen molar-refractivity contribution in [3.63, 3.8) is 0 Å². The first-order valence-corrected chi connectivity index (χ1v) is 7.53. The van der Waals surface area contributed by atoms with Crippen LogP contribution >= 0.6 is 10.7 Å². The highest BCUT2D eigenvalue weighted by molar-refractivity contribution is 8.13. The molecule has 96 valence electrons. The van der Waals surface area contributed by atoms with Crippen LogP contribution in [0, 0.1) is 5.92 Å². The van der Waals surface area contributed by atoms with Gasteiger partial charge in [-0.2, -0.15) is 0 Å². The van der Waals surface area contributed by atoms with Gasteiger partial charge in [0.05, 0.1) is 0 Å². The highest BCUT2D eigenvalue weighted by Crippen LogP contribution is 2.15. The number of hydrogen-bond acceptors (Lipinski definition) is 3. The Labute approximate surface area is 105 Å². The molecule has 0 bridgehead atoms. The number of H-pyrrole nitrogens is 1. The van der Waals surface area contributed by atoms with Gasteiger partial charge in [-0.25, -0.2) is 8.42 Å². The number of halogens is 1. The number of aromatic amines is 1. The summed E-state index contributed by atoms with van der Waals surface area (Å²) in [4.78, 5) is 14.1. The molecule has 0 spiro atoms. The molecule has 0 aromatic carbocycles. The third-order valence-electron chi connectivity index (χ3n) is 2.19. The molecule has 17 heavy (non-hydrogen) atoms. The van der Waals surface area contributed by atoms with Gasteiger partial charge in [0.15, 0.2) is 0 Å². The molecule has 7 heteroatoms. The molecule has 0 aliphatic rings. The number of aromatic nitrogens is 1. The van der Waals surface area contributed by atoms with Gasteiger partial charge in [-0.1, -0.05) is 13.8 Å². The molecule has 1 heterocycles. The molecule has 0 saturated heterocycles. The SMILES string of the molecule is CC(C)CCNC(=O)c1cc(S(=O)(=O)Cl)c[nH]1. The van der Waals surface area contributed by atoms with Gasteiger partial charge in [-0.15, -0.1) is 0 Å². The lowest BCUT2D eigenvalue weighted by Gasteiger charge is -2.05. The first kappa shape index (κ1) is 14.1. The molecular weight excluding hydrogens is 264 g/mol. The Kier molecular flexibility index (Phi) is 4.59. The average Bonchev–Trinajstić information content (AvgIpc) is 2.64. The van der Waals surface area contributed by atoms with Crippen molar-refractivity contribution in [1.82, 2.24) is 10.3 Å². The second-order valence-corrected chi connectivity index (χ2v) is 6.69. The van der Waals surface area contributed by atoms with Crippen molar-refractivity contribution >= 4 is 25.6 Å². The number of carbonyl (C=O) groups excluding carboxylic acids is 1. The Bertz CT molecular complexity index is 493. The minimum Gasteiger partial charge on any atom is -0.356 e. The highest BCUT2D eigenvalue weighted by atomic mass is 35.7. The summed E-state index contributed by atoms with van der Waals surface area (Å²) in [5.41, 5.74) is 0.188. The average molecular weight is 279 g/mol. The summed E-state index contributed by atoms with van der Waals surface area (Å²) in [6, 6.07) is 1.22. The molecule has 0 radical (unpaired) electrons. The largest absolute Gasteiger partial charge is 0.356 e. The maximum Gasteiger partial charge on any atom is 0.267 e. The lowest BCUT2D eigenvalue weighted by atomic mass is 10.1. The predicted molar refractivity (Wildman–Crippen MR) is 65.6 cm³/mol. The van der Waals surface area contributed by atoms with Gasteiger partial charge in [-0.05, 0) is 18.4 Å². The van der Waals surface area contributed by atoms with E-state index in [0.717, 1.165) is 6.42 Å². The lowest BCUT2D eigenvalue weighted by Crippen LogP contribution is -2.25. The van der Waals surface area contributed by atoms with E-state index in [0.29, 0.717) is 12.5 Å². The molecular formula is C10H15ClN2O3S. The summed E-state index contributed by atoms with van der Waals surface area (Å²) in [6.07, 6.45) is 2.06. The van der Waals surface area contributed by atoms with Crippen molar-refractivity contribution in [2.75, 3.05) is 6.54 Å². The van der Waals surface area contributed by atoms with E-state index in [2.05, 4.69) is 24.1 Å². The molecule has 1 aromatic heterocycles. The Morgan fingerprint density at radius 3 is 2.65 bits per heavy atom. The zero-order valence-electron chi connectivity index (χ0n) is 9.66. The van der Waals surface area contributed by atoms with Crippen LogP contribution < -0.4 is 5.32 Å². The topological polar surface area (TPSA) is 79.0 Å². The Hall–Kier alpha value is -1.01. The van der Waals surface area contributed by atoms with Gasteiger partial charge in [0.1, 0.15) is 10.6 Å². The minimum atomic E-state index is -3.79. The second-order valence-electron chi connectivity index (χ2n) is 4.13. The maximum atomic E-state index is 11.6. The van der Waals surface area contributed by atoms with E-state index in [1.54, 1.807) is 0 Å². The van der Waals surface area contributed by atoms with Gasteiger partial charge in [0.2, 0.25) is 0 Å². The Morgan fingerprint density at radius 1 is 1.53 bits per heavy atom. The van der Waals surface area contributed by atoms with Crippen LogP contribution in [-0.4, -0.2) is 25.9 Å². The summed E-state index contributed by atoms with van der Waals surface area (Å²) < 4.78 is 22.0. The van der Waals surface area contributed by atoms with E-state index in [1.165, 1.54) is 12.3 Å². The molecule has 0 aliphatic carbocycles. The molecule has 2 N–H and O–H groups in total. The number of carbonyl (C=O) groups is 1. The van der Waals surface area contributed by atoms with Crippen LogP contribution in [0.15, 0.2) is 17.2 Å². The van der Waals surface area contributed by atoms with Crippen LogP contribution in [0.1, 0.15) is 30.8 Å². The summed E-state index contributed by atoms with van der Waals surface area (Å²) in [7, 11) is 1.35. The molecule has 0 aliphatic heterocycles. The minimum absolute atomic E-state index is 0.104. The standard InChI is InChI=1S/C10H15ClN2O3S/c1-7(2)3-4-12-10(14)9-5-8(6-13-9)17(11,15)16/h5-7,13H,3-4H2,1-2H3,(H,12,14). The van der Waals surface area contributed by atoms with E-state index >= 15 is 0 Å². The summed E-state index contributed by atoms with van der Waals surface area (Å²) in [5.74, 6) is 0.162. The second kappa shape index (κ2) is 5.55. The fourth-order valence-electron chi connectivity index (χ4n) is 1.22. The molecule has 5 nitrogen and oxygen atoms in total. The van der Waals surface area contributed by atoms with Crippen LogP contribution in [0.5, 0.6) is 0 Å². The Balaban J connectivity index is 2.62. The van der Waals surface area contributed by atoms with Gasteiger partial charge in [-0.3, -0.25) is 4.79 Å². The van der Waals surface area contributed by atoms with E-state index in [9.17, 15) is 13.2 Å². The zero-order valence-corrected chi connectivity index (χ0v) is 11.2. The van der Waals surface area contributed by atoms with Crippen molar-refractivity contribution in [2.45, 2.75) is 25.2 Å². The predicted octanol–water partition coefficient (Wildman–Crippen LogP) is 1.72. The number of hydrogen-bond donors (Lipinski definition) is 2. The first-order valence-electron chi connectivity index (χ1n) is 5.22. The van der Waals surface area contributed by atoms with Crippen LogP contribution in [0.25, 0.3) is 0 Å². The fraction of sp³-hybridized carbons (Fsp3) is 0.500. The monoisotopic (exact) mass is 278 g/mol. The number of rotatable bonds is 5. The van der Waals surface area contributed by atoms with Crippen molar-refractivity contribution in [2.24, 2.45) is 5.92 Å². The molecule has 0 atom stereocenters. The molecule has 1 aromatic rings. The van der Waals surface area contributed by atoms with Crippen molar-refractivity contribution in [1.29, 1.82) is 0 Å². The van der Waals surface area contributed by atoms with Crippen molar-refractivity contribution in [3.8, 4) is 0 Å². The molecule has 0 fully saturated rings. The zero-order chi connectivity index (χ0) is 13.1. The summed E-state index contributed by atoms with van der Waals surface area (Å²) >= 11 is 0. The van der Waals surface area contributed by atoms with Gasteiger partial charge >= 0.3 is 0 Å². The van der Waals surface area contributed by atoms with E-state index < -0.39 is 9.05 Å². The van der Waals surface area contributed by atoms with E-state index in [-0.39, 0.29) is 16.5 Å². The maximum absolute atomic E-state index is 11.6. The lowest BCUT2D eigenvalue weighted by molar-refractivity contribution is 0.0947. The first-order chi connectivity index (χ1) is 7.80. The van der Waals surface area contributed by atoms with Crippen molar-refractivity contribution < 1.29 is 13.2 Å². The fourth-order valence-corrected chi connectivity index (χ4v) is 1.94. The normalized spacial score (nSPS) is 11.8.